The van der Waals surface area contributed by atoms with Crippen LogP contribution in [0.2, 0.25) is 0 Å². The molecule has 70 heavy (non-hydrogen) atoms. The zero-order chi connectivity index (χ0) is 50.8. The zero-order valence-electron chi connectivity index (χ0n) is 35.8. The molecule has 0 atom stereocenters. The van der Waals surface area contributed by atoms with Crippen LogP contribution in [0.15, 0.2) is 142 Å². The summed E-state index contributed by atoms with van der Waals surface area (Å²) in [5.41, 5.74) is 3.44. The Bertz CT molecular complexity index is 2930. The highest BCUT2D eigenvalue weighted by atomic mass is 79.9. The number of alkyl halides is 12. The molecule has 0 amide bonds. The molecule has 0 heterocycles. The Morgan fingerprint density at radius 3 is 0.857 bits per heavy atom. The van der Waals surface area contributed by atoms with Gasteiger partial charge >= 0.3 is 24.7 Å². The van der Waals surface area contributed by atoms with E-state index in [0.717, 1.165) is 48.5 Å². The fourth-order valence-electron chi connectivity index (χ4n) is 7.18. The lowest BCUT2D eigenvalue weighted by Crippen LogP contribution is -2.13. The first-order valence-electron chi connectivity index (χ1n) is 20.6. The highest BCUT2D eigenvalue weighted by Crippen LogP contribution is 2.38. The highest BCUT2D eigenvalue weighted by molar-refractivity contribution is 9.11. The molecule has 16 heteroatoms. The number of benzene rings is 7. The maximum Gasteiger partial charge on any atom is 0.416 e. The van der Waals surface area contributed by atoms with Crippen molar-refractivity contribution < 1.29 is 52.7 Å². The van der Waals surface area contributed by atoms with Gasteiger partial charge in [-0.3, -0.25) is 0 Å². The monoisotopic (exact) mass is 1090 g/mol. The van der Waals surface area contributed by atoms with Gasteiger partial charge in [0, 0.05) is 8.95 Å². The van der Waals surface area contributed by atoms with Crippen LogP contribution in [0.5, 0.6) is 0 Å². The van der Waals surface area contributed by atoms with Crippen LogP contribution < -0.4 is 10.9 Å². The Kier molecular flexibility index (Phi) is 15.2. The van der Waals surface area contributed by atoms with Crippen LogP contribution in [0.25, 0.3) is 70.9 Å². The predicted molar refractivity (Wildman–Crippen MR) is 265 cm³/mol. The van der Waals surface area contributed by atoms with Gasteiger partial charge in [-0.2, -0.15) is 52.7 Å². The fourth-order valence-corrected chi connectivity index (χ4v) is 8.31. The van der Waals surface area contributed by atoms with Gasteiger partial charge in [0.25, 0.3) is 0 Å². The molecule has 7 rings (SSSR count). The molecule has 0 nitrogen and oxygen atoms in total. The molecular weight excluding hydrogens is 1060 g/mol. The molecule has 0 bridgehead atoms. The van der Waals surface area contributed by atoms with Crippen molar-refractivity contribution in [2.45, 2.75) is 24.7 Å². The van der Waals surface area contributed by atoms with Gasteiger partial charge in [0.1, 0.15) is 15.7 Å². The van der Waals surface area contributed by atoms with E-state index >= 15 is 0 Å². The lowest BCUT2D eigenvalue weighted by molar-refractivity contribution is -0.138. The molecule has 0 saturated heterocycles. The minimum atomic E-state index is -4.54. The van der Waals surface area contributed by atoms with Crippen LogP contribution in [0.1, 0.15) is 66.8 Å². The fraction of sp³-hybridized carbons (Fsp3) is 0.0741. The van der Waals surface area contributed by atoms with Gasteiger partial charge in [0.2, 0.25) is 0 Å². The quantitative estimate of drug-likeness (QED) is 0.0727. The van der Waals surface area contributed by atoms with Crippen molar-refractivity contribution in [3.63, 3.8) is 0 Å². The zero-order valence-corrected chi connectivity index (χ0v) is 38.9. The first kappa shape index (κ1) is 51.6. The number of rotatable bonds is 10. The first-order chi connectivity index (χ1) is 32.8. The minimum absolute atomic E-state index is 0.271. The molecule has 7 aromatic rings. The molecule has 350 valence electrons. The van der Waals surface area contributed by atoms with E-state index in [2.05, 4.69) is 31.9 Å². The van der Waals surface area contributed by atoms with E-state index < -0.39 is 47.0 Å². The standard InChI is InChI=1S/C54H30B2Br2F12/c55-47-27-37(15-3-33-9-21-41(22-10-33)53(65,66)67)35(13-1-31-5-17-39(18-6-31)51(59,60)61)25-43(47)46-29-48(56)44(30-50(46)58)45-26-36(14-2-32-7-19-40(20-8-32)52(62,63)64)38(28-49(45)57)16-4-34-11-23-42(24-12-34)54(68,69)70/h1-30H/b13-1+,14-2+,15-3+,16-4+. The summed E-state index contributed by atoms with van der Waals surface area (Å²) in [4.78, 5) is 0. The third-order valence-corrected chi connectivity index (χ3v) is 12.2. The molecule has 0 saturated carbocycles. The van der Waals surface area contributed by atoms with Crippen LogP contribution in [0.3, 0.4) is 0 Å². The summed E-state index contributed by atoms with van der Waals surface area (Å²) in [6.07, 6.45) is -5.04. The van der Waals surface area contributed by atoms with E-state index in [1.54, 1.807) is 85.0 Å². The van der Waals surface area contributed by atoms with E-state index in [-0.39, 0.29) is 10.9 Å². The second-order valence-electron chi connectivity index (χ2n) is 15.8. The average molecular weight is 1090 g/mol. The number of hydrogen-bond acceptors (Lipinski definition) is 0. The van der Waals surface area contributed by atoms with Gasteiger partial charge in [-0.15, -0.1) is 0 Å². The molecule has 0 aromatic heterocycles. The molecule has 0 N–H and O–H groups in total. The summed E-state index contributed by atoms with van der Waals surface area (Å²) in [5.74, 6) is 0. The van der Waals surface area contributed by atoms with Crippen LogP contribution in [-0.2, 0) is 24.7 Å². The van der Waals surface area contributed by atoms with Gasteiger partial charge in [0.15, 0.2) is 0 Å². The second-order valence-corrected chi connectivity index (χ2v) is 17.5. The van der Waals surface area contributed by atoms with E-state index in [4.69, 9.17) is 15.7 Å². The second kappa shape index (κ2) is 20.6. The molecule has 0 fully saturated rings. The smallest absolute Gasteiger partial charge is 0.166 e. The van der Waals surface area contributed by atoms with Crippen molar-refractivity contribution >= 4 is 107 Å². The van der Waals surface area contributed by atoms with E-state index in [0.29, 0.717) is 75.7 Å². The summed E-state index contributed by atoms with van der Waals surface area (Å²) in [6.45, 7) is 0. The van der Waals surface area contributed by atoms with Crippen molar-refractivity contribution in [1.29, 1.82) is 0 Å². The highest BCUT2D eigenvalue weighted by Gasteiger charge is 2.32. The van der Waals surface area contributed by atoms with Crippen molar-refractivity contribution in [2.24, 2.45) is 0 Å². The van der Waals surface area contributed by atoms with Gasteiger partial charge in [-0.25, -0.2) is 0 Å². The largest absolute Gasteiger partial charge is 0.416 e. The predicted octanol–water partition coefficient (Wildman–Crippen LogP) is 16.9. The third-order valence-electron chi connectivity index (χ3n) is 10.9. The van der Waals surface area contributed by atoms with Crippen LogP contribution in [0.4, 0.5) is 52.7 Å². The Morgan fingerprint density at radius 1 is 0.286 bits per heavy atom. The molecule has 7 aromatic carbocycles. The Morgan fingerprint density at radius 2 is 0.529 bits per heavy atom. The molecule has 0 unspecified atom stereocenters. The maximum absolute atomic E-state index is 13.3. The lowest BCUT2D eigenvalue weighted by Gasteiger charge is -2.18. The normalized spacial score (nSPS) is 12.9. The van der Waals surface area contributed by atoms with Crippen molar-refractivity contribution in [3.8, 4) is 22.3 Å². The molecule has 0 aliphatic carbocycles. The van der Waals surface area contributed by atoms with Crippen molar-refractivity contribution in [1.82, 2.24) is 0 Å². The van der Waals surface area contributed by atoms with E-state index in [9.17, 15) is 52.7 Å². The van der Waals surface area contributed by atoms with Gasteiger partial charge in [-0.1, -0.05) is 152 Å². The van der Waals surface area contributed by atoms with E-state index in [1.807, 2.05) is 0 Å². The number of hydrogen-bond donors (Lipinski definition) is 0. The Hall–Kier alpha value is -6.25. The van der Waals surface area contributed by atoms with Crippen molar-refractivity contribution in [2.75, 3.05) is 0 Å². The van der Waals surface area contributed by atoms with Crippen LogP contribution in [-0.4, -0.2) is 15.7 Å². The lowest BCUT2D eigenvalue weighted by atomic mass is 9.80. The van der Waals surface area contributed by atoms with Crippen molar-refractivity contribution in [3.05, 3.63) is 209 Å². The molecule has 0 aliphatic heterocycles. The summed E-state index contributed by atoms with van der Waals surface area (Å²) in [7, 11) is 13.5. The summed E-state index contributed by atoms with van der Waals surface area (Å²) >= 11 is 7.32. The Labute approximate surface area is 413 Å². The first-order valence-corrected chi connectivity index (χ1v) is 22.2. The summed E-state index contributed by atoms with van der Waals surface area (Å²) < 4.78 is 160. The molecule has 4 radical (unpaired) electrons. The topological polar surface area (TPSA) is 0 Å². The third kappa shape index (κ3) is 12.7. The molecule has 0 aliphatic rings. The van der Waals surface area contributed by atoms with Crippen LogP contribution in [0, 0.1) is 0 Å². The van der Waals surface area contributed by atoms with Crippen LogP contribution >= 0.6 is 31.9 Å². The molecule has 0 spiro atoms. The summed E-state index contributed by atoms with van der Waals surface area (Å²) in [6, 6.07) is 28.5. The van der Waals surface area contributed by atoms with E-state index in [1.165, 1.54) is 48.5 Å². The maximum atomic E-state index is 13.3. The average Bonchev–Trinajstić information content (AvgIpc) is 3.29. The number of halogens is 14. The summed E-state index contributed by atoms with van der Waals surface area (Å²) in [5, 5.41) is 0. The Balaban J connectivity index is 1.28. The minimum Gasteiger partial charge on any atom is -0.166 e. The van der Waals surface area contributed by atoms with Gasteiger partial charge in [0.05, 0.1) is 22.3 Å². The SMILES string of the molecule is [B]c1cc(-c2cc(/C=C/c3ccc(C(F)(F)F)cc3)c(/C=C/c3ccc(C(F)(F)F)cc3)cc2[B])c(Br)cc1-c1cc(/C=C/c2ccc(C(F)(F)F)cc2)c(/C=C/c2ccc(C(F)(F)F)cc2)cc1Br. The van der Waals surface area contributed by atoms with Gasteiger partial charge in [-0.05, 0) is 140 Å². The van der Waals surface area contributed by atoms with Gasteiger partial charge < -0.3 is 0 Å². The molecular formula is C54H30B2Br2F12.